The molecule has 0 atom stereocenters. The van der Waals surface area contributed by atoms with Crippen LogP contribution in [0.2, 0.25) is 0 Å². The first-order valence-electron chi connectivity index (χ1n) is 7.16. The van der Waals surface area contributed by atoms with Crippen molar-refractivity contribution in [3.05, 3.63) is 60.2 Å². The molecule has 0 saturated carbocycles. The Bertz CT molecular complexity index is 531. The standard InChI is InChI=1S/C18H20OS/c1-2-3-5-10-18(19)15-11-13-17(14-12-15)20-16-8-6-4-7-9-16/h4,6-9,11-14H,2-3,5,10H2,1H3. The Labute approximate surface area is 125 Å². The Morgan fingerprint density at radius 2 is 1.55 bits per heavy atom. The highest BCUT2D eigenvalue weighted by atomic mass is 32.2. The van der Waals surface area contributed by atoms with Crippen molar-refractivity contribution < 1.29 is 4.79 Å². The molecule has 0 heterocycles. The van der Waals surface area contributed by atoms with E-state index in [1.807, 2.05) is 42.5 Å². The fraction of sp³-hybridized carbons (Fsp3) is 0.278. The number of hydrogen-bond donors (Lipinski definition) is 0. The van der Waals surface area contributed by atoms with E-state index in [2.05, 4.69) is 19.1 Å². The molecule has 0 fully saturated rings. The van der Waals surface area contributed by atoms with Crippen molar-refractivity contribution in [2.24, 2.45) is 0 Å². The van der Waals surface area contributed by atoms with Crippen molar-refractivity contribution in [1.82, 2.24) is 0 Å². The Hall–Kier alpha value is -1.54. The van der Waals surface area contributed by atoms with Crippen LogP contribution >= 0.6 is 11.8 Å². The van der Waals surface area contributed by atoms with Crippen LogP contribution in [-0.4, -0.2) is 5.78 Å². The van der Waals surface area contributed by atoms with E-state index in [0.29, 0.717) is 6.42 Å². The van der Waals surface area contributed by atoms with Crippen LogP contribution in [0.5, 0.6) is 0 Å². The molecule has 0 unspecified atom stereocenters. The molecular weight excluding hydrogens is 264 g/mol. The molecule has 0 aliphatic rings. The summed E-state index contributed by atoms with van der Waals surface area (Å²) >= 11 is 1.72. The van der Waals surface area contributed by atoms with Gasteiger partial charge in [-0.05, 0) is 30.7 Å². The fourth-order valence-corrected chi connectivity index (χ4v) is 2.85. The summed E-state index contributed by atoms with van der Waals surface area (Å²) in [6.07, 6.45) is 3.95. The third-order valence-electron chi connectivity index (χ3n) is 3.16. The number of carbonyl (C=O) groups is 1. The maximum Gasteiger partial charge on any atom is 0.162 e. The van der Waals surface area contributed by atoms with Crippen LogP contribution in [0, 0.1) is 0 Å². The van der Waals surface area contributed by atoms with Crippen LogP contribution in [0.1, 0.15) is 43.0 Å². The summed E-state index contributed by atoms with van der Waals surface area (Å²) in [6, 6.07) is 18.2. The van der Waals surface area contributed by atoms with Gasteiger partial charge in [-0.3, -0.25) is 4.79 Å². The minimum Gasteiger partial charge on any atom is -0.294 e. The Morgan fingerprint density at radius 1 is 0.900 bits per heavy atom. The Kier molecular flexibility index (Phi) is 5.87. The molecule has 0 aromatic heterocycles. The number of rotatable bonds is 7. The SMILES string of the molecule is CCCCCC(=O)c1ccc(Sc2ccccc2)cc1. The van der Waals surface area contributed by atoms with Crippen LogP contribution in [0.4, 0.5) is 0 Å². The smallest absolute Gasteiger partial charge is 0.162 e. The third kappa shape index (κ3) is 4.53. The molecule has 0 bridgehead atoms. The first-order valence-corrected chi connectivity index (χ1v) is 7.97. The van der Waals surface area contributed by atoms with E-state index < -0.39 is 0 Å². The molecule has 2 aromatic carbocycles. The van der Waals surface area contributed by atoms with Crippen LogP contribution in [0.25, 0.3) is 0 Å². The summed E-state index contributed by atoms with van der Waals surface area (Å²) < 4.78 is 0. The normalized spacial score (nSPS) is 10.4. The number of Topliss-reactive ketones (excluding diaryl/α,β-unsaturated/α-hetero) is 1. The van der Waals surface area contributed by atoms with Crippen molar-refractivity contribution in [3.63, 3.8) is 0 Å². The Morgan fingerprint density at radius 3 is 2.20 bits per heavy atom. The van der Waals surface area contributed by atoms with Gasteiger partial charge in [-0.15, -0.1) is 0 Å². The summed E-state index contributed by atoms with van der Waals surface area (Å²) in [4.78, 5) is 14.4. The average molecular weight is 284 g/mol. The fourth-order valence-electron chi connectivity index (χ4n) is 2.01. The van der Waals surface area contributed by atoms with E-state index in [0.717, 1.165) is 24.8 Å². The maximum absolute atomic E-state index is 12.0. The van der Waals surface area contributed by atoms with Crippen LogP contribution in [0.15, 0.2) is 64.4 Å². The molecule has 0 aliphatic heterocycles. The van der Waals surface area contributed by atoms with E-state index in [1.54, 1.807) is 11.8 Å². The molecule has 1 nitrogen and oxygen atoms in total. The van der Waals surface area contributed by atoms with Gasteiger partial charge in [0.15, 0.2) is 5.78 Å². The van der Waals surface area contributed by atoms with Gasteiger partial charge in [0, 0.05) is 21.8 Å². The molecule has 2 rings (SSSR count). The monoisotopic (exact) mass is 284 g/mol. The lowest BCUT2D eigenvalue weighted by Crippen LogP contribution is -1.98. The highest BCUT2D eigenvalue weighted by Gasteiger charge is 2.05. The molecule has 0 saturated heterocycles. The lowest BCUT2D eigenvalue weighted by Gasteiger charge is -2.04. The van der Waals surface area contributed by atoms with Gasteiger partial charge in [0.2, 0.25) is 0 Å². The van der Waals surface area contributed by atoms with Gasteiger partial charge in [-0.25, -0.2) is 0 Å². The first-order chi connectivity index (χ1) is 9.79. The van der Waals surface area contributed by atoms with Crippen LogP contribution in [0.3, 0.4) is 0 Å². The molecule has 20 heavy (non-hydrogen) atoms. The predicted octanol–water partition coefficient (Wildman–Crippen LogP) is 5.60. The zero-order valence-electron chi connectivity index (χ0n) is 11.8. The van der Waals surface area contributed by atoms with Gasteiger partial charge in [-0.2, -0.15) is 0 Å². The summed E-state index contributed by atoms with van der Waals surface area (Å²) in [6.45, 7) is 2.15. The zero-order valence-corrected chi connectivity index (χ0v) is 12.7. The molecule has 0 aliphatic carbocycles. The largest absolute Gasteiger partial charge is 0.294 e. The van der Waals surface area contributed by atoms with Crippen molar-refractivity contribution in [3.8, 4) is 0 Å². The number of carbonyl (C=O) groups excluding carboxylic acids is 1. The maximum atomic E-state index is 12.0. The topological polar surface area (TPSA) is 17.1 Å². The molecule has 0 spiro atoms. The second-order valence-electron chi connectivity index (χ2n) is 4.82. The van der Waals surface area contributed by atoms with E-state index in [1.165, 1.54) is 9.79 Å². The van der Waals surface area contributed by atoms with Gasteiger partial charge < -0.3 is 0 Å². The van der Waals surface area contributed by atoms with Crippen LogP contribution < -0.4 is 0 Å². The molecule has 0 amide bonds. The summed E-state index contributed by atoms with van der Waals surface area (Å²) in [5.74, 6) is 0.259. The summed E-state index contributed by atoms with van der Waals surface area (Å²) in [5, 5.41) is 0. The van der Waals surface area contributed by atoms with E-state index in [4.69, 9.17) is 0 Å². The Balaban J connectivity index is 1.94. The third-order valence-corrected chi connectivity index (χ3v) is 4.18. The molecule has 2 aromatic rings. The first kappa shape index (κ1) is 14.9. The van der Waals surface area contributed by atoms with Crippen molar-refractivity contribution in [2.45, 2.75) is 42.4 Å². The molecule has 2 heteroatoms. The van der Waals surface area contributed by atoms with Crippen molar-refractivity contribution in [1.29, 1.82) is 0 Å². The number of benzene rings is 2. The second-order valence-corrected chi connectivity index (χ2v) is 5.97. The van der Waals surface area contributed by atoms with Crippen molar-refractivity contribution >= 4 is 17.5 Å². The van der Waals surface area contributed by atoms with Crippen LogP contribution in [-0.2, 0) is 0 Å². The van der Waals surface area contributed by atoms with Gasteiger partial charge in [0.25, 0.3) is 0 Å². The van der Waals surface area contributed by atoms with Gasteiger partial charge in [-0.1, -0.05) is 61.9 Å². The zero-order chi connectivity index (χ0) is 14.2. The summed E-state index contributed by atoms with van der Waals surface area (Å²) in [5.41, 5.74) is 0.832. The number of unbranched alkanes of at least 4 members (excludes halogenated alkanes) is 2. The highest BCUT2D eigenvalue weighted by Crippen LogP contribution is 2.27. The molecular formula is C18H20OS. The van der Waals surface area contributed by atoms with E-state index in [-0.39, 0.29) is 5.78 Å². The number of hydrogen-bond acceptors (Lipinski definition) is 2. The average Bonchev–Trinajstić information content (AvgIpc) is 2.49. The molecule has 104 valence electrons. The lowest BCUT2D eigenvalue weighted by atomic mass is 10.1. The molecule has 0 radical (unpaired) electrons. The van der Waals surface area contributed by atoms with E-state index in [9.17, 15) is 4.79 Å². The quantitative estimate of drug-likeness (QED) is 0.486. The summed E-state index contributed by atoms with van der Waals surface area (Å²) in [7, 11) is 0. The minimum absolute atomic E-state index is 0.259. The van der Waals surface area contributed by atoms with Gasteiger partial charge in [0.05, 0.1) is 0 Å². The second kappa shape index (κ2) is 7.91. The lowest BCUT2D eigenvalue weighted by molar-refractivity contribution is 0.0979. The minimum atomic E-state index is 0.259. The highest BCUT2D eigenvalue weighted by molar-refractivity contribution is 7.99. The molecule has 0 N–H and O–H groups in total. The van der Waals surface area contributed by atoms with Gasteiger partial charge in [0.1, 0.15) is 0 Å². The van der Waals surface area contributed by atoms with Gasteiger partial charge >= 0.3 is 0 Å². The number of ketones is 1. The predicted molar refractivity (Wildman–Crippen MR) is 85.5 cm³/mol. The van der Waals surface area contributed by atoms with E-state index >= 15 is 0 Å². The van der Waals surface area contributed by atoms with Crippen molar-refractivity contribution in [2.75, 3.05) is 0 Å².